The van der Waals surface area contributed by atoms with Gasteiger partial charge in [-0.1, -0.05) is 6.42 Å². The normalized spacial score (nSPS) is 16.3. The van der Waals surface area contributed by atoms with Crippen LogP contribution in [0.25, 0.3) is 0 Å². The summed E-state index contributed by atoms with van der Waals surface area (Å²) in [5, 5.41) is 4.62. The van der Waals surface area contributed by atoms with Gasteiger partial charge in [-0.25, -0.2) is 8.42 Å². The highest BCUT2D eigenvalue weighted by atomic mass is 32.2. The number of nitrogens with zero attached hydrogens (tertiary/aromatic N) is 1. The van der Waals surface area contributed by atoms with Crippen molar-refractivity contribution in [3.8, 4) is 5.75 Å². The standard InChI is InChI=1S/C20H27N3O5S/c1-15(17-7-6-12-28-17)21-14-20(24)22-16-8-9-18(27-2)19(13-16)29(25,26)23-10-4-3-5-11-23/h6-9,12-13,15,21H,3-5,10-11,14H2,1-2H3,(H,22,24)/p+1/t15-/m0/s1. The number of ether oxygens (including phenoxy) is 1. The molecule has 8 nitrogen and oxygen atoms in total. The Morgan fingerprint density at radius 2 is 2.03 bits per heavy atom. The number of methoxy groups -OCH3 is 1. The molecule has 9 heteroatoms. The lowest BCUT2D eigenvalue weighted by Gasteiger charge is -2.26. The maximum Gasteiger partial charge on any atom is 0.279 e. The molecular weight excluding hydrogens is 394 g/mol. The lowest BCUT2D eigenvalue weighted by Crippen LogP contribution is -2.86. The first kappa shape index (κ1) is 21.4. The number of quaternary nitrogens is 1. The maximum absolute atomic E-state index is 13.1. The number of nitrogens with two attached hydrogens (primary N) is 1. The predicted molar refractivity (Wildman–Crippen MR) is 108 cm³/mol. The van der Waals surface area contributed by atoms with E-state index in [4.69, 9.17) is 9.15 Å². The predicted octanol–water partition coefficient (Wildman–Crippen LogP) is 1.73. The van der Waals surface area contributed by atoms with E-state index < -0.39 is 10.0 Å². The van der Waals surface area contributed by atoms with Gasteiger partial charge in [-0.2, -0.15) is 4.31 Å². The van der Waals surface area contributed by atoms with Crippen molar-refractivity contribution < 1.29 is 27.7 Å². The quantitative estimate of drug-likeness (QED) is 0.674. The van der Waals surface area contributed by atoms with Crippen molar-refractivity contribution >= 4 is 21.6 Å². The molecule has 1 fully saturated rings. The van der Waals surface area contributed by atoms with E-state index in [1.165, 1.54) is 17.5 Å². The number of anilines is 1. The Morgan fingerprint density at radius 3 is 2.69 bits per heavy atom. The van der Waals surface area contributed by atoms with Crippen LogP contribution in [-0.4, -0.2) is 45.4 Å². The first-order chi connectivity index (χ1) is 13.9. The van der Waals surface area contributed by atoms with Gasteiger partial charge in [0.25, 0.3) is 5.91 Å². The number of hydrogen-bond donors (Lipinski definition) is 2. The van der Waals surface area contributed by atoms with E-state index in [1.54, 1.807) is 24.5 Å². The van der Waals surface area contributed by atoms with E-state index >= 15 is 0 Å². The van der Waals surface area contributed by atoms with Gasteiger partial charge in [0.15, 0.2) is 12.3 Å². The minimum absolute atomic E-state index is 0.00153. The summed E-state index contributed by atoms with van der Waals surface area (Å²) in [5.41, 5.74) is 0.422. The van der Waals surface area contributed by atoms with Crippen molar-refractivity contribution in [2.75, 3.05) is 32.1 Å². The molecule has 3 rings (SSSR count). The van der Waals surface area contributed by atoms with E-state index in [1.807, 2.05) is 18.3 Å². The summed E-state index contributed by atoms with van der Waals surface area (Å²) in [5.74, 6) is 0.832. The van der Waals surface area contributed by atoms with Crippen LogP contribution in [0.5, 0.6) is 5.75 Å². The number of carbonyl (C=O) groups excluding carboxylic acids is 1. The zero-order chi connectivity index (χ0) is 20.9. The summed E-state index contributed by atoms with van der Waals surface area (Å²) in [6.07, 6.45) is 4.33. The molecule has 1 atom stereocenters. The van der Waals surface area contributed by atoms with E-state index in [2.05, 4.69) is 5.32 Å². The van der Waals surface area contributed by atoms with Crippen LogP contribution < -0.4 is 15.4 Å². The molecule has 2 heterocycles. The summed E-state index contributed by atoms with van der Waals surface area (Å²) < 4.78 is 38.2. The largest absolute Gasteiger partial charge is 0.495 e. The monoisotopic (exact) mass is 422 g/mol. The Kier molecular flexibility index (Phi) is 6.94. The fourth-order valence-corrected chi connectivity index (χ4v) is 5.06. The van der Waals surface area contributed by atoms with Gasteiger partial charge in [0.1, 0.15) is 16.7 Å². The van der Waals surface area contributed by atoms with Gasteiger partial charge in [0, 0.05) is 18.8 Å². The first-order valence-corrected chi connectivity index (χ1v) is 11.2. The minimum atomic E-state index is -3.68. The SMILES string of the molecule is COc1ccc(NC(=O)C[NH2+][C@@H](C)c2ccco2)cc1S(=O)(=O)N1CCCCC1. The summed E-state index contributed by atoms with van der Waals surface area (Å²) in [6, 6.07) is 8.35. The first-order valence-electron chi connectivity index (χ1n) is 9.76. The summed E-state index contributed by atoms with van der Waals surface area (Å²) in [6.45, 7) is 3.13. The molecular formula is C20H28N3O5S+. The van der Waals surface area contributed by atoms with Crippen LogP contribution in [-0.2, 0) is 14.8 Å². The van der Waals surface area contributed by atoms with Crippen LogP contribution in [0.1, 0.15) is 38.0 Å². The van der Waals surface area contributed by atoms with E-state index in [-0.39, 0.29) is 29.1 Å². The number of rotatable bonds is 8. The van der Waals surface area contributed by atoms with E-state index in [0.29, 0.717) is 18.8 Å². The van der Waals surface area contributed by atoms with Crippen LogP contribution in [0.3, 0.4) is 0 Å². The molecule has 0 bridgehead atoms. The second kappa shape index (κ2) is 9.43. The lowest BCUT2D eigenvalue weighted by molar-refractivity contribution is -0.684. The molecule has 0 saturated carbocycles. The molecule has 0 radical (unpaired) electrons. The van der Waals surface area contributed by atoms with E-state index in [0.717, 1.165) is 25.0 Å². The average Bonchev–Trinajstić information content (AvgIpc) is 3.27. The number of benzene rings is 1. The average molecular weight is 423 g/mol. The zero-order valence-electron chi connectivity index (χ0n) is 16.8. The van der Waals surface area contributed by atoms with Crippen molar-refractivity contribution in [2.24, 2.45) is 0 Å². The van der Waals surface area contributed by atoms with Crippen molar-refractivity contribution in [3.05, 3.63) is 42.4 Å². The van der Waals surface area contributed by atoms with Gasteiger partial charge >= 0.3 is 0 Å². The van der Waals surface area contributed by atoms with Crippen LogP contribution in [0.15, 0.2) is 45.9 Å². The van der Waals surface area contributed by atoms with Crippen LogP contribution in [0, 0.1) is 0 Å². The third kappa shape index (κ3) is 5.17. The minimum Gasteiger partial charge on any atom is -0.495 e. The fourth-order valence-electron chi connectivity index (χ4n) is 3.36. The highest BCUT2D eigenvalue weighted by molar-refractivity contribution is 7.89. The van der Waals surface area contributed by atoms with Gasteiger partial charge < -0.3 is 19.8 Å². The molecule has 2 aromatic rings. The van der Waals surface area contributed by atoms with Crippen molar-refractivity contribution in [3.63, 3.8) is 0 Å². The van der Waals surface area contributed by atoms with Crippen molar-refractivity contribution in [1.29, 1.82) is 0 Å². The van der Waals surface area contributed by atoms with Gasteiger partial charge in [-0.15, -0.1) is 0 Å². The molecule has 1 aromatic carbocycles. The molecule has 158 valence electrons. The smallest absolute Gasteiger partial charge is 0.279 e. The molecule has 1 saturated heterocycles. The second-order valence-electron chi connectivity index (χ2n) is 7.12. The van der Waals surface area contributed by atoms with Crippen LogP contribution in [0.2, 0.25) is 0 Å². The maximum atomic E-state index is 13.1. The van der Waals surface area contributed by atoms with Gasteiger partial charge in [0.05, 0.1) is 13.4 Å². The molecule has 0 spiro atoms. The molecule has 3 N–H and O–H groups in total. The summed E-state index contributed by atoms with van der Waals surface area (Å²) in [7, 11) is -2.24. The number of sulfonamides is 1. The Morgan fingerprint density at radius 1 is 1.28 bits per heavy atom. The topological polar surface area (TPSA) is 105 Å². The highest BCUT2D eigenvalue weighted by Crippen LogP contribution is 2.31. The number of nitrogens with one attached hydrogen (secondary N) is 1. The number of carbonyl (C=O) groups is 1. The number of piperidine rings is 1. The van der Waals surface area contributed by atoms with Gasteiger partial charge in [-0.05, 0) is 50.1 Å². The fraction of sp³-hybridized carbons (Fsp3) is 0.450. The Labute approximate surface area is 171 Å². The Hall–Kier alpha value is -2.36. The third-order valence-corrected chi connectivity index (χ3v) is 6.95. The number of hydrogen-bond acceptors (Lipinski definition) is 5. The molecule has 1 aliphatic heterocycles. The Balaban J connectivity index is 1.70. The summed E-state index contributed by atoms with van der Waals surface area (Å²) in [4.78, 5) is 12.4. The van der Waals surface area contributed by atoms with Crippen LogP contribution >= 0.6 is 0 Å². The molecule has 29 heavy (non-hydrogen) atoms. The molecule has 0 aliphatic carbocycles. The second-order valence-corrected chi connectivity index (χ2v) is 9.03. The summed E-state index contributed by atoms with van der Waals surface area (Å²) >= 11 is 0. The zero-order valence-corrected chi connectivity index (χ0v) is 17.6. The number of furan rings is 1. The number of amides is 1. The van der Waals surface area contributed by atoms with E-state index in [9.17, 15) is 13.2 Å². The molecule has 1 aliphatic rings. The molecule has 1 amide bonds. The lowest BCUT2D eigenvalue weighted by atomic mass is 10.2. The third-order valence-electron chi connectivity index (χ3n) is 5.03. The van der Waals surface area contributed by atoms with Gasteiger partial charge in [0.2, 0.25) is 10.0 Å². The Bertz CT molecular complexity index is 922. The van der Waals surface area contributed by atoms with Crippen molar-refractivity contribution in [2.45, 2.75) is 37.1 Å². The van der Waals surface area contributed by atoms with Crippen LogP contribution in [0.4, 0.5) is 5.69 Å². The highest BCUT2D eigenvalue weighted by Gasteiger charge is 2.29. The molecule has 0 unspecified atom stereocenters. The molecule has 1 aromatic heterocycles. The van der Waals surface area contributed by atoms with Crippen molar-refractivity contribution in [1.82, 2.24) is 4.31 Å². The van der Waals surface area contributed by atoms with Gasteiger partial charge in [-0.3, -0.25) is 4.79 Å².